The Morgan fingerprint density at radius 1 is 1.33 bits per heavy atom. The van der Waals surface area contributed by atoms with Crippen molar-refractivity contribution in [3.05, 3.63) is 34.5 Å². The summed E-state index contributed by atoms with van der Waals surface area (Å²) in [7, 11) is 0. The molecule has 0 N–H and O–H groups in total. The summed E-state index contributed by atoms with van der Waals surface area (Å²) in [5.41, 5.74) is 0.728. The van der Waals surface area contributed by atoms with Gasteiger partial charge in [-0.15, -0.1) is 0 Å². The molecule has 0 bridgehead atoms. The summed E-state index contributed by atoms with van der Waals surface area (Å²) < 4.78 is 18.3. The number of benzene rings is 1. The lowest BCUT2D eigenvalue weighted by Gasteiger charge is -1.87. The summed E-state index contributed by atoms with van der Waals surface area (Å²) in [6.45, 7) is -0.549. The van der Waals surface area contributed by atoms with Crippen LogP contribution in [0.3, 0.4) is 0 Å². The van der Waals surface area contributed by atoms with Crippen LogP contribution in [0.1, 0.15) is 5.76 Å². The van der Waals surface area contributed by atoms with Gasteiger partial charge in [0.25, 0.3) is 0 Å². The first-order valence-electron chi connectivity index (χ1n) is 3.53. The first-order valence-corrected chi connectivity index (χ1v) is 4.33. The maximum Gasteiger partial charge on any atom is 0.147 e. The first-order chi connectivity index (χ1) is 5.79. The van der Waals surface area contributed by atoms with Gasteiger partial charge in [0.1, 0.15) is 18.0 Å². The molecule has 62 valence electrons. The summed E-state index contributed by atoms with van der Waals surface area (Å²) in [6, 6.07) is 7.30. The van der Waals surface area contributed by atoms with E-state index in [-0.39, 0.29) is 0 Å². The highest BCUT2D eigenvalue weighted by atomic mass is 79.9. The molecule has 0 aliphatic rings. The van der Waals surface area contributed by atoms with Gasteiger partial charge >= 0.3 is 0 Å². The van der Waals surface area contributed by atoms with E-state index in [9.17, 15) is 4.39 Å². The Balaban J connectivity index is 2.67. The molecule has 0 atom stereocenters. The molecule has 2 rings (SSSR count). The van der Waals surface area contributed by atoms with E-state index in [2.05, 4.69) is 15.9 Å². The lowest BCUT2D eigenvalue weighted by Crippen LogP contribution is -1.64. The van der Waals surface area contributed by atoms with E-state index in [1.54, 1.807) is 6.07 Å². The van der Waals surface area contributed by atoms with Crippen molar-refractivity contribution in [1.82, 2.24) is 0 Å². The number of alkyl halides is 1. The molecule has 0 aliphatic carbocycles. The van der Waals surface area contributed by atoms with Crippen molar-refractivity contribution >= 4 is 26.9 Å². The highest BCUT2D eigenvalue weighted by Crippen LogP contribution is 2.23. The molecule has 1 aromatic carbocycles. The molecular formula is C9H6BrFO. The maximum absolute atomic E-state index is 12.2. The average molecular weight is 229 g/mol. The Morgan fingerprint density at radius 2 is 2.17 bits per heavy atom. The third-order valence-electron chi connectivity index (χ3n) is 1.66. The van der Waals surface area contributed by atoms with Crippen LogP contribution in [0.5, 0.6) is 0 Å². The van der Waals surface area contributed by atoms with Crippen LogP contribution in [0, 0.1) is 0 Å². The lowest BCUT2D eigenvalue weighted by molar-refractivity contribution is 0.407. The maximum atomic E-state index is 12.2. The van der Waals surface area contributed by atoms with Gasteiger partial charge in [0, 0.05) is 9.86 Å². The lowest BCUT2D eigenvalue weighted by atomic mass is 10.2. The molecule has 0 amide bonds. The largest absolute Gasteiger partial charge is 0.458 e. The second kappa shape index (κ2) is 2.90. The third-order valence-corrected chi connectivity index (χ3v) is 2.15. The van der Waals surface area contributed by atoms with E-state index in [1.165, 1.54) is 0 Å². The molecule has 0 radical (unpaired) electrons. The quantitative estimate of drug-likeness (QED) is 0.727. The second-order valence-electron chi connectivity index (χ2n) is 2.53. The summed E-state index contributed by atoms with van der Waals surface area (Å²) in [5, 5.41) is 0.928. The fourth-order valence-electron chi connectivity index (χ4n) is 1.14. The Hall–Kier alpha value is -0.830. The number of halogens is 2. The van der Waals surface area contributed by atoms with Crippen molar-refractivity contribution in [2.24, 2.45) is 0 Å². The fourth-order valence-corrected chi connectivity index (χ4v) is 1.51. The normalized spacial score (nSPS) is 10.8. The van der Waals surface area contributed by atoms with E-state index in [0.29, 0.717) is 5.76 Å². The van der Waals surface area contributed by atoms with Crippen LogP contribution >= 0.6 is 15.9 Å². The molecular weight excluding hydrogens is 223 g/mol. The molecule has 1 heterocycles. The molecule has 0 fully saturated rings. The SMILES string of the molecule is FCc1cc2cc(Br)ccc2o1. The van der Waals surface area contributed by atoms with Gasteiger partial charge in [-0.1, -0.05) is 15.9 Å². The number of fused-ring (bicyclic) bond motifs is 1. The predicted octanol–water partition coefficient (Wildman–Crippen LogP) is 3.66. The Labute approximate surface area is 77.3 Å². The molecule has 12 heavy (non-hydrogen) atoms. The zero-order valence-corrected chi connectivity index (χ0v) is 7.77. The highest BCUT2D eigenvalue weighted by molar-refractivity contribution is 9.10. The van der Waals surface area contributed by atoms with Crippen LogP contribution in [0.25, 0.3) is 11.0 Å². The number of hydrogen-bond donors (Lipinski definition) is 0. The zero-order chi connectivity index (χ0) is 8.55. The van der Waals surface area contributed by atoms with Gasteiger partial charge in [0.2, 0.25) is 0 Å². The van der Waals surface area contributed by atoms with Crippen LogP contribution < -0.4 is 0 Å². The summed E-state index contributed by atoms with van der Waals surface area (Å²) in [5.74, 6) is 0.378. The summed E-state index contributed by atoms with van der Waals surface area (Å²) in [6.07, 6.45) is 0. The molecule has 0 unspecified atom stereocenters. The Morgan fingerprint density at radius 3 is 2.92 bits per heavy atom. The van der Waals surface area contributed by atoms with Gasteiger partial charge in [0.05, 0.1) is 0 Å². The third kappa shape index (κ3) is 1.25. The van der Waals surface area contributed by atoms with Crippen molar-refractivity contribution in [2.75, 3.05) is 0 Å². The minimum Gasteiger partial charge on any atom is -0.458 e. The summed E-state index contributed by atoms with van der Waals surface area (Å²) in [4.78, 5) is 0. The van der Waals surface area contributed by atoms with Crippen LogP contribution in [-0.4, -0.2) is 0 Å². The molecule has 0 spiro atoms. The molecule has 1 nitrogen and oxygen atoms in total. The number of hydrogen-bond acceptors (Lipinski definition) is 1. The monoisotopic (exact) mass is 228 g/mol. The van der Waals surface area contributed by atoms with Crippen molar-refractivity contribution in [3.8, 4) is 0 Å². The smallest absolute Gasteiger partial charge is 0.147 e. The Kier molecular flexibility index (Phi) is 1.89. The van der Waals surface area contributed by atoms with Crippen LogP contribution in [-0.2, 0) is 6.67 Å². The second-order valence-corrected chi connectivity index (χ2v) is 3.44. The fraction of sp³-hybridized carbons (Fsp3) is 0.111. The van der Waals surface area contributed by atoms with Crippen molar-refractivity contribution in [3.63, 3.8) is 0 Å². The zero-order valence-electron chi connectivity index (χ0n) is 6.18. The minimum atomic E-state index is -0.549. The molecule has 1 aromatic heterocycles. The van der Waals surface area contributed by atoms with Crippen molar-refractivity contribution in [2.45, 2.75) is 6.67 Å². The van der Waals surface area contributed by atoms with Gasteiger partial charge in [-0.25, -0.2) is 4.39 Å². The van der Waals surface area contributed by atoms with E-state index in [1.807, 2.05) is 18.2 Å². The van der Waals surface area contributed by atoms with Gasteiger partial charge < -0.3 is 4.42 Å². The molecule has 0 saturated carbocycles. The first kappa shape index (κ1) is 7.80. The van der Waals surface area contributed by atoms with Gasteiger partial charge in [-0.05, 0) is 24.3 Å². The van der Waals surface area contributed by atoms with Crippen molar-refractivity contribution < 1.29 is 8.81 Å². The van der Waals surface area contributed by atoms with E-state index >= 15 is 0 Å². The summed E-state index contributed by atoms with van der Waals surface area (Å²) >= 11 is 3.33. The van der Waals surface area contributed by atoms with E-state index in [4.69, 9.17) is 4.42 Å². The van der Waals surface area contributed by atoms with Gasteiger partial charge in [0.15, 0.2) is 0 Å². The van der Waals surface area contributed by atoms with E-state index < -0.39 is 6.67 Å². The topological polar surface area (TPSA) is 13.1 Å². The average Bonchev–Trinajstić information content (AvgIpc) is 2.46. The number of furan rings is 1. The van der Waals surface area contributed by atoms with Crippen molar-refractivity contribution in [1.29, 1.82) is 0 Å². The van der Waals surface area contributed by atoms with Gasteiger partial charge in [-0.2, -0.15) is 0 Å². The molecule has 0 saturated heterocycles. The predicted molar refractivity (Wildman–Crippen MR) is 48.7 cm³/mol. The molecule has 0 aliphatic heterocycles. The molecule has 2 aromatic rings. The van der Waals surface area contributed by atoms with Crippen LogP contribution in [0.15, 0.2) is 33.2 Å². The minimum absolute atomic E-state index is 0.378. The number of rotatable bonds is 1. The standard InChI is InChI=1S/C9H6BrFO/c10-7-1-2-9-6(3-7)4-8(5-11)12-9/h1-4H,5H2. The highest BCUT2D eigenvalue weighted by Gasteiger charge is 2.02. The van der Waals surface area contributed by atoms with Crippen LogP contribution in [0.4, 0.5) is 4.39 Å². The van der Waals surface area contributed by atoms with Crippen LogP contribution in [0.2, 0.25) is 0 Å². The Bertz CT molecular complexity index is 408. The van der Waals surface area contributed by atoms with Gasteiger partial charge in [-0.3, -0.25) is 0 Å². The van der Waals surface area contributed by atoms with E-state index in [0.717, 1.165) is 15.4 Å². The molecule has 3 heteroatoms.